The third-order valence-corrected chi connectivity index (χ3v) is 4.31. The molecule has 6 nitrogen and oxygen atoms in total. The molecule has 2 amide bonds. The van der Waals surface area contributed by atoms with E-state index in [0.717, 1.165) is 19.3 Å². The molecule has 2 saturated heterocycles. The molecule has 2 aliphatic heterocycles. The summed E-state index contributed by atoms with van der Waals surface area (Å²) in [5, 5.41) is 10.1. The van der Waals surface area contributed by atoms with E-state index in [1.54, 1.807) is 9.80 Å². The van der Waals surface area contributed by atoms with Gasteiger partial charge in [0.15, 0.2) is 0 Å². The van der Waals surface area contributed by atoms with Crippen molar-refractivity contribution in [3.05, 3.63) is 0 Å². The summed E-state index contributed by atoms with van der Waals surface area (Å²) < 4.78 is 0. The van der Waals surface area contributed by atoms with Crippen LogP contribution in [0.15, 0.2) is 0 Å². The Bertz CT molecular complexity index is 373. The Kier molecular flexibility index (Phi) is 4.99. The van der Waals surface area contributed by atoms with E-state index in [1.807, 2.05) is 19.0 Å². The van der Waals surface area contributed by atoms with E-state index in [9.17, 15) is 14.7 Å². The van der Waals surface area contributed by atoms with E-state index in [4.69, 9.17) is 0 Å². The molecule has 6 heteroatoms. The van der Waals surface area contributed by atoms with Crippen LogP contribution in [0.5, 0.6) is 0 Å². The molecule has 0 spiro atoms. The number of β-amino-alcohol motifs (C(OH)–C–C–N with tert-alkyl or cyclic N) is 1. The SMILES string of the molecule is CN(C)[C@H]1CCN(C(=O)CN2CCCCC2=O)C[C@@H]1O. The van der Waals surface area contributed by atoms with Crippen molar-refractivity contribution < 1.29 is 14.7 Å². The van der Waals surface area contributed by atoms with Gasteiger partial charge in [-0.05, 0) is 33.4 Å². The normalized spacial score (nSPS) is 28.1. The summed E-state index contributed by atoms with van der Waals surface area (Å²) in [5.41, 5.74) is 0. The van der Waals surface area contributed by atoms with Crippen LogP contribution in [0.25, 0.3) is 0 Å². The monoisotopic (exact) mass is 283 g/mol. The fourth-order valence-corrected chi connectivity index (χ4v) is 3.04. The number of piperidine rings is 2. The number of likely N-dealkylation sites (N-methyl/N-ethyl adjacent to an activating group) is 1. The lowest BCUT2D eigenvalue weighted by Gasteiger charge is -2.39. The van der Waals surface area contributed by atoms with E-state index in [2.05, 4.69) is 0 Å². The fourth-order valence-electron chi connectivity index (χ4n) is 3.04. The zero-order valence-corrected chi connectivity index (χ0v) is 12.4. The van der Waals surface area contributed by atoms with Gasteiger partial charge in [-0.25, -0.2) is 0 Å². The van der Waals surface area contributed by atoms with Gasteiger partial charge < -0.3 is 19.8 Å². The molecule has 0 aromatic heterocycles. The first-order valence-corrected chi connectivity index (χ1v) is 7.39. The summed E-state index contributed by atoms with van der Waals surface area (Å²) in [6.45, 7) is 1.87. The maximum absolute atomic E-state index is 12.2. The zero-order chi connectivity index (χ0) is 14.7. The average molecular weight is 283 g/mol. The van der Waals surface area contributed by atoms with Gasteiger partial charge in [-0.1, -0.05) is 0 Å². The van der Waals surface area contributed by atoms with Crippen LogP contribution in [0.2, 0.25) is 0 Å². The molecular formula is C14H25N3O3. The van der Waals surface area contributed by atoms with Gasteiger partial charge in [0.2, 0.25) is 11.8 Å². The molecule has 0 aromatic carbocycles. The molecule has 2 atom stereocenters. The number of carbonyl (C=O) groups excluding carboxylic acids is 2. The van der Waals surface area contributed by atoms with Crippen LogP contribution in [0, 0.1) is 0 Å². The minimum Gasteiger partial charge on any atom is -0.390 e. The molecule has 0 unspecified atom stereocenters. The first-order chi connectivity index (χ1) is 9.49. The number of rotatable bonds is 3. The van der Waals surface area contributed by atoms with Crippen LogP contribution < -0.4 is 0 Å². The average Bonchev–Trinajstić information content (AvgIpc) is 2.40. The van der Waals surface area contributed by atoms with Crippen molar-refractivity contribution in [3.8, 4) is 0 Å². The van der Waals surface area contributed by atoms with Gasteiger partial charge in [-0.15, -0.1) is 0 Å². The first-order valence-electron chi connectivity index (χ1n) is 7.39. The minimum absolute atomic E-state index is 0.0449. The Balaban J connectivity index is 1.86. The molecule has 20 heavy (non-hydrogen) atoms. The first kappa shape index (κ1) is 15.3. The number of nitrogens with zero attached hydrogens (tertiary/aromatic N) is 3. The van der Waals surface area contributed by atoms with Crippen molar-refractivity contribution in [3.63, 3.8) is 0 Å². The zero-order valence-electron chi connectivity index (χ0n) is 12.4. The van der Waals surface area contributed by atoms with Gasteiger partial charge in [-0.2, -0.15) is 0 Å². The van der Waals surface area contributed by atoms with Crippen LogP contribution in [0.3, 0.4) is 0 Å². The van der Waals surface area contributed by atoms with Crippen molar-refractivity contribution in [2.45, 2.75) is 37.8 Å². The summed E-state index contributed by atoms with van der Waals surface area (Å²) in [4.78, 5) is 29.3. The van der Waals surface area contributed by atoms with Crippen LogP contribution in [0.4, 0.5) is 0 Å². The number of aliphatic hydroxyl groups excluding tert-OH is 1. The van der Waals surface area contributed by atoms with E-state index in [-0.39, 0.29) is 24.4 Å². The number of carbonyl (C=O) groups is 2. The summed E-state index contributed by atoms with van der Waals surface area (Å²) in [6, 6.07) is 0.107. The highest BCUT2D eigenvalue weighted by molar-refractivity contribution is 5.85. The standard InChI is InChI=1S/C14H25N3O3/c1-15(2)11-6-8-17(9-12(11)18)14(20)10-16-7-4-3-5-13(16)19/h11-12,18H,3-10H2,1-2H3/t11-,12-/m0/s1. The quantitative estimate of drug-likeness (QED) is 0.760. The molecule has 0 aliphatic carbocycles. The van der Waals surface area contributed by atoms with Crippen LogP contribution in [-0.4, -0.2) is 84.0 Å². The summed E-state index contributed by atoms with van der Waals surface area (Å²) in [6.07, 6.45) is 2.72. The Morgan fingerprint density at radius 1 is 1.35 bits per heavy atom. The van der Waals surface area contributed by atoms with Gasteiger partial charge in [0.05, 0.1) is 12.6 Å². The van der Waals surface area contributed by atoms with Gasteiger partial charge >= 0.3 is 0 Å². The highest BCUT2D eigenvalue weighted by atomic mass is 16.3. The number of amides is 2. The molecule has 2 aliphatic rings. The largest absolute Gasteiger partial charge is 0.390 e. The molecule has 1 N–H and O–H groups in total. The molecule has 2 rings (SSSR count). The van der Waals surface area contributed by atoms with E-state index < -0.39 is 6.10 Å². The number of aliphatic hydroxyl groups is 1. The predicted molar refractivity (Wildman–Crippen MR) is 75.1 cm³/mol. The van der Waals surface area contributed by atoms with Gasteiger partial charge in [-0.3, -0.25) is 9.59 Å². The molecule has 0 radical (unpaired) electrons. The van der Waals surface area contributed by atoms with E-state index in [1.165, 1.54) is 0 Å². The van der Waals surface area contributed by atoms with E-state index in [0.29, 0.717) is 26.1 Å². The Morgan fingerprint density at radius 3 is 2.70 bits per heavy atom. The lowest BCUT2D eigenvalue weighted by atomic mass is 10.0. The van der Waals surface area contributed by atoms with Crippen molar-refractivity contribution in [1.29, 1.82) is 0 Å². The molecule has 2 heterocycles. The lowest BCUT2D eigenvalue weighted by molar-refractivity contribution is -0.144. The second-order valence-electron chi connectivity index (χ2n) is 6.00. The highest BCUT2D eigenvalue weighted by Crippen LogP contribution is 2.16. The van der Waals surface area contributed by atoms with E-state index >= 15 is 0 Å². The number of hydrogen-bond acceptors (Lipinski definition) is 4. The fraction of sp³-hybridized carbons (Fsp3) is 0.857. The Labute approximate surface area is 120 Å². The molecule has 114 valence electrons. The summed E-state index contributed by atoms with van der Waals surface area (Å²) >= 11 is 0. The second-order valence-corrected chi connectivity index (χ2v) is 6.00. The van der Waals surface area contributed by atoms with Crippen molar-refractivity contribution in [1.82, 2.24) is 14.7 Å². The maximum atomic E-state index is 12.2. The van der Waals surface area contributed by atoms with Crippen molar-refractivity contribution in [2.75, 3.05) is 40.3 Å². The van der Waals surface area contributed by atoms with Crippen LogP contribution in [-0.2, 0) is 9.59 Å². The maximum Gasteiger partial charge on any atom is 0.242 e. The summed E-state index contributed by atoms with van der Waals surface area (Å²) in [5.74, 6) is 0.0323. The van der Waals surface area contributed by atoms with Gasteiger partial charge in [0, 0.05) is 32.1 Å². The topological polar surface area (TPSA) is 64.1 Å². The van der Waals surface area contributed by atoms with Gasteiger partial charge in [0.25, 0.3) is 0 Å². The number of likely N-dealkylation sites (tertiary alicyclic amines) is 2. The lowest BCUT2D eigenvalue weighted by Crippen LogP contribution is -2.55. The molecule has 2 fully saturated rings. The molecular weight excluding hydrogens is 258 g/mol. The third kappa shape index (κ3) is 3.49. The third-order valence-electron chi connectivity index (χ3n) is 4.31. The Hall–Kier alpha value is -1.14. The summed E-state index contributed by atoms with van der Waals surface area (Å²) in [7, 11) is 3.88. The molecule has 0 bridgehead atoms. The Morgan fingerprint density at radius 2 is 2.10 bits per heavy atom. The minimum atomic E-state index is -0.514. The highest BCUT2D eigenvalue weighted by Gasteiger charge is 2.32. The smallest absolute Gasteiger partial charge is 0.242 e. The van der Waals surface area contributed by atoms with Crippen molar-refractivity contribution in [2.24, 2.45) is 0 Å². The van der Waals surface area contributed by atoms with Crippen LogP contribution in [0.1, 0.15) is 25.7 Å². The van der Waals surface area contributed by atoms with Gasteiger partial charge in [0.1, 0.15) is 0 Å². The van der Waals surface area contributed by atoms with Crippen molar-refractivity contribution >= 4 is 11.8 Å². The number of hydrogen-bond donors (Lipinski definition) is 1. The predicted octanol–water partition coefficient (Wildman–Crippen LogP) is -0.478. The van der Waals surface area contributed by atoms with Crippen LogP contribution >= 0.6 is 0 Å². The molecule has 0 saturated carbocycles. The molecule has 0 aromatic rings. The second kappa shape index (κ2) is 6.54.